The number of pyridine rings is 1. The lowest BCUT2D eigenvalue weighted by Crippen LogP contribution is -2.34. The minimum absolute atomic E-state index is 0.309. The molecule has 1 aliphatic carbocycles. The fraction of sp³-hybridized carbons (Fsp3) is 0.435. The van der Waals surface area contributed by atoms with E-state index in [0.717, 1.165) is 17.9 Å². The van der Waals surface area contributed by atoms with Crippen molar-refractivity contribution in [2.75, 3.05) is 16.8 Å². The summed E-state index contributed by atoms with van der Waals surface area (Å²) in [5.74, 6) is 2.30. The second kappa shape index (κ2) is 11.1. The number of nitrogens with zero attached hydrogens (tertiary/aromatic N) is 6. The van der Waals surface area contributed by atoms with E-state index < -0.39 is 0 Å². The van der Waals surface area contributed by atoms with Gasteiger partial charge in [-0.3, -0.25) is 4.99 Å². The Hall–Kier alpha value is -2.94. The first-order chi connectivity index (χ1) is 15.4. The summed E-state index contributed by atoms with van der Waals surface area (Å²) in [5, 5.41) is 3.91. The van der Waals surface area contributed by atoms with E-state index in [-0.39, 0.29) is 0 Å². The van der Waals surface area contributed by atoms with Crippen LogP contribution >= 0.6 is 11.9 Å². The second-order valence-corrected chi connectivity index (χ2v) is 9.50. The van der Waals surface area contributed by atoms with Crippen molar-refractivity contribution in [1.82, 2.24) is 15.0 Å². The van der Waals surface area contributed by atoms with Crippen molar-refractivity contribution in [3.05, 3.63) is 36.6 Å². The molecule has 0 atom stereocenters. The Morgan fingerprint density at radius 3 is 2.72 bits per heavy atom. The average molecular weight is 453 g/mol. The van der Waals surface area contributed by atoms with Crippen molar-refractivity contribution in [2.24, 2.45) is 21.0 Å². The number of hydrogen-bond donors (Lipinski definition) is 2. The van der Waals surface area contributed by atoms with Gasteiger partial charge in [-0.15, -0.1) is 0 Å². The largest absolute Gasteiger partial charge is 0.404 e. The quantitative estimate of drug-likeness (QED) is 0.365. The SMILES string of the molecule is C=Nc1cnc(Nc2ccnc(C(C=NSC3CC3)=CN)n2)cc1N(CC(C)C)C(C)C. The van der Waals surface area contributed by atoms with Crippen LogP contribution in [0.4, 0.5) is 23.0 Å². The zero-order chi connectivity index (χ0) is 23.1. The Kier molecular flexibility index (Phi) is 8.21. The number of allylic oxidation sites excluding steroid dienone is 1. The molecule has 0 radical (unpaired) electrons. The van der Waals surface area contributed by atoms with Gasteiger partial charge in [0, 0.05) is 42.5 Å². The van der Waals surface area contributed by atoms with Crippen LogP contribution in [0.2, 0.25) is 0 Å². The fourth-order valence-corrected chi connectivity index (χ4v) is 3.75. The lowest BCUT2D eigenvalue weighted by Gasteiger charge is -2.31. The van der Waals surface area contributed by atoms with Gasteiger partial charge in [0.2, 0.25) is 0 Å². The van der Waals surface area contributed by atoms with Crippen LogP contribution in [0.25, 0.3) is 5.57 Å². The van der Waals surface area contributed by atoms with Crippen molar-refractivity contribution in [2.45, 2.75) is 51.8 Å². The van der Waals surface area contributed by atoms with E-state index in [4.69, 9.17) is 5.73 Å². The molecule has 1 fully saturated rings. The summed E-state index contributed by atoms with van der Waals surface area (Å²) in [7, 11) is 0. The molecule has 0 bridgehead atoms. The number of aliphatic imine (C=N–C) groups is 1. The van der Waals surface area contributed by atoms with Gasteiger partial charge in [0.05, 0.1) is 17.5 Å². The monoisotopic (exact) mass is 452 g/mol. The van der Waals surface area contributed by atoms with Gasteiger partial charge in [-0.2, -0.15) is 0 Å². The third kappa shape index (κ3) is 6.53. The maximum Gasteiger partial charge on any atom is 0.164 e. The summed E-state index contributed by atoms with van der Waals surface area (Å²) in [6.07, 6.45) is 9.06. The molecule has 3 rings (SSSR count). The Bertz CT molecular complexity index is 982. The lowest BCUT2D eigenvalue weighted by atomic mass is 10.1. The zero-order valence-electron chi connectivity index (χ0n) is 19.2. The van der Waals surface area contributed by atoms with Gasteiger partial charge < -0.3 is 16.0 Å². The van der Waals surface area contributed by atoms with Crippen molar-refractivity contribution in [3.8, 4) is 0 Å². The maximum absolute atomic E-state index is 5.80. The third-order valence-corrected chi connectivity index (χ3v) is 5.80. The maximum atomic E-state index is 5.80. The molecule has 1 aliphatic rings. The molecule has 3 N–H and O–H groups in total. The molecule has 2 heterocycles. The topological polar surface area (TPSA) is 105 Å². The highest BCUT2D eigenvalue weighted by Crippen LogP contribution is 2.35. The summed E-state index contributed by atoms with van der Waals surface area (Å²) >= 11 is 1.57. The average Bonchev–Trinajstić information content (AvgIpc) is 3.59. The Labute approximate surface area is 194 Å². The number of nitrogens with two attached hydrogens (primary N) is 1. The molecule has 1 saturated carbocycles. The van der Waals surface area contributed by atoms with Crippen LogP contribution < -0.4 is 16.0 Å². The molecule has 0 unspecified atom stereocenters. The molecule has 0 saturated heterocycles. The van der Waals surface area contributed by atoms with Crippen molar-refractivity contribution < 1.29 is 0 Å². The van der Waals surface area contributed by atoms with Crippen molar-refractivity contribution in [1.29, 1.82) is 0 Å². The summed E-state index contributed by atoms with van der Waals surface area (Å²) in [4.78, 5) is 19.9. The molecule has 2 aromatic heterocycles. The summed E-state index contributed by atoms with van der Waals surface area (Å²) in [6.45, 7) is 13.4. The van der Waals surface area contributed by atoms with E-state index in [1.54, 1.807) is 36.6 Å². The molecular formula is C23H32N8S. The zero-order valence-corrected chi connectivity index (χ0v) is 20.0. The van der Waals surface area contributed by atoms with E-state index in [1.165, 1.54) is 19.0 Å². The Balaban J connectivity index is 1.83. The predicted molar refractivity (Wildman–Crippen MR) is 137 cm³/mol. The van der Waals surface area contributed by atoms with E-state index in [2.05, 4.69) is 69.0 Å². The van der Waals surface area contributed by atoms with Crippen LogP contribution in [0.15, 0.2) is 40.1 Å². The molecule has 170 valence electrons. The predicted octanol–water partition coefficient (Wildman–Crippen LogP) is 5.00. The van der Waals surface area contributed by atoms with Crippen LogP contribution in [0.5, 0.6) is 0 Å². The summed E-state index contributed by atoms with van der Waals surface area (Å²) in [6, 6.07) is 4.09. The first-order valence-corrected chi connectivity index (χ1v) is 11.7. The number of aromatic nitrogens is 3. The minimum atomic E-state index is 0.309. The van der Waals surface area contributed by atoms with Crippen LogP contribution in [-0.2, 0) is 0 Å². The van der Waals surface area contributed by atoms with Crippen LogP contribution in [-0.4, -0.2) is 45.7 Å². The molecule has 0 aromatic carbocycles. The van der Waals surface area contributed by atoms with E-state index in [9.17, 15) is 0 Å². The molecule has 0 amide bonds. The molecule has 0 spiro atoms. The highest BCUT2D eigenvalue weighted by atomic mass is 32.2. The van der Waals surface area contributed by atoms with E-state index >= 15 is 0 Å². The molecule has 9 heteroatoms. The van der Waals surface area contributed by atoms with Gasteiger partial charge in [-0.25, -0.2) is 19.3 Å². The van der Waals surface area contributed by atoms with Gasteiger partial charge in [-0.1, -0.05) is 13.8 Å². The van der Waals surface area contributed by atoms with Crippen molar-refractivity contribution >= 4 is 53.5 Å². The van der Waals surface area contributed by atoms with Gasteiger partial charge in [0.25, 0.3) is 0 Å². The molecule has 0 aliphatic heterocycles. The van der Waals surface area contributed by atoms with Gasteiger partial charge in [0.15, 0.2) is 5.82 Å². The van der Waals surface area contributed by atoms with Crippen LogP contribution in [0.1, 0.15) is 46.4 Å². The van der Waals surface area contributed by atoms with Gasteiger partial charge in [0.1, 0.15) is 17.3 Å². The smallest absolute Gasteiger partial charge is 0.164 e. The van der Waals surface area contributed by atoms with Crippen LogP contribution in [0, 0.1) is 5.92 Å². The fourth-order valence-electron chi connectivity index (χ4n) is 3.06. The number of anilines is 3. The molecular weight excluding hydrogens is 420 g/mol. The summed E-state index contributed by atoms with van der Waals surface area (Å²) < 4.78 is 4.39. The first kappa shape index (κ1) is 23.7. The van der Waals surface area contributed by atoms with Gasteiger partial charge in [-0.05, 0) is 57.3 Å². The second-order valence-electron chi connectivity index (χ2n) is 8.41. The Morgan fingerprint density at radius 1 is 1.31 bits per heavy atom. The molecule has 8 nitrogen and oxygen atoms in total. The van der Waals surface area contributed by atoms with E-state index in [1.807, 2.05) is 6.07 Å². The van der Waals surface area contributed by atoms with Crippen LogP contribution in [0.3, 0.4) is 0 Å². The highest BCUT2D eigenvalue weighted by Gasteiger charge is 2.21. The molecule has 2 aromatic rings. The number of rotatable bonds is 11. The van der Waals surface area contributed by atoms with Crippen molar-refractivity contribution in [3.63, 3.8) is 0 Å². The third-order valence-electron chi connectivity index (χ3n) is 4.80. The lowest BCUT2D eigenvalue weighted by molar-refractivity contribution is 0.571. The standard InChI is InChI=1S/C23H32N8S/c1-15(2)14-31(16(3)4)20-10-22(27-13-19(20)25-5)29-21-8-9-26-23(30-21)17(11-24)12-28-32-18-6-7-18/h8-13,15-16,18H,5-7,14,24H2,1-4H3,(H,26,27,29,30). The number of hydrogen-bond acceptors (Lipinski definition) is 9. The summed E-state index contributed by atoms with van der Waals surface area (Å²) in [5.41, 5.74) is 8.21. The minimum Gasteiger partial charge on any atom is -0.404 e. The van der Waals surface area contributed by atoms with Gasteiger partial charge >= 0.3 is 0 Å². The van der Waals surface area contributed by atoms with E-state index in [0.29, 0.717) is 40.2 Å². The Morgan fingerprint density at radius 2 is 2.09 bits per heavy atom. The highest BCUT2D eigenvalue weighted by molar-refractivity contribution is 7.99. The normalized spacial score (nSPS) is 14.4. The number of nitrogens with one attached hydrogen (secondary N) is 1. The molecule has 32 heavy (non-hydrogen) atoms. The first-order valence-electron chi connectivity index (χ1n) is 10.9.